The summed E-state index contributed by atoms with van der Waals surface area (Å²) in [4.78, 5) is 2.24. The van der Waals surface area contributed by atoms with E-state index >= 15 is 0 Å². The predicted octanol–water partition coefficient (Wildman–Crippen LogP) is 3.07. The van der Waals surface area contributed by atoms with Gasteiger partial charge in [-0.2, -0.15) is 0 Å². The number of hydrogen-bond donors (Lipinski definition) is 1. The van der Waals surface area contributed by atoms with E-state index in [0.717, 1.165) is 23.6 Å². The third-order valence-corrected chi connectivity index (χ3v) is 3.24. The van der Waals surface area contributed by atoms with Crippen LogP contribution in [0.3, 0.4) is 0 Å². The summed E-state index contributed by atoms with van der Waals surface area (Å²) in [6.07, 6.45) is -0.236. The number of benzene rings is 1. The number of rotatable bonds is 8. The van der Waals surface area contributed by atoms with E-state index in [2.05, 4.69) is 18.7 Å². The summed E-state index contributed by atoms with van der Waals surface area (Å²) in [7, 11) is 1.65. The van der Waals surface area contributed by atoms with Gasteiger partial charge in [0.2, 0.25) is 0 Å². The molecule has 0 aliphatic rings. The number of aliphatic hydroxyl groups is 1. The second-order valence-electron chi connectivity index (χ2n) is 6.01. The normalized spacial score (nSPS) is 13.0. The molecule has 0 amide bonds. The van der Waals surface area contributed by atoms with Gasteiger partial charge in [0.15, 0.2) is 0 Å². The fourth-order valence-corrected chi connectivity index (χ4v) is 2.17. The molecule has 120 valence electrons. The summed E-state index contributed by atoms with van der Waals surface area (Å²) >= 11 is 0. The monoisotopic (exact) mass is 295 g/mol. The van der Waals surface area contributed by atoms with E-state index in [9.17, 15) is 5.11 Å². The highest BCUT2D eigenvalue weighted by molar-refractivity contribution is 5.41. The van der Waals surface area contributed by atoms with E-state index in [1.807, 2.05) is 39.0 Å². The Kier molecular flexibility index (Phi) is 6.99. The fraction of sp³-hybridized carbons (Fsp3) is 0.647. The van der Waals surface area contributed by atoms with Gasteiger partial charge < -0.3 is 14.6 Å². The van der Waals surface area contributed by atoms with Gasteiger partial charge in [-0.05, 0) is 40.7 Å². The molecule has 1 aromatic rings. The van der Waals surface area contributed by atoms with E-state index in [1.165, 1.54) is 0 Å². The van der Waals surface area contributed by atoms with Crippen LogP contribution in [0, 0.1) is 0 Å². The Morgan fingerprint density at radius 3 is 2.29 bits per heavy atom. The third-order valence-electron chi connectivity index (χ3n) is 3.24. The highest BCUT2D eigenvalue weighted by Gasteiger charge is 2.16. The van der Waals surface area contributed by atoms with Crippen LogP contribution in [0.4, 0.5) is 0 Å². The van der Waals surface area contributed by atoms with E-state index < -0.39 is 0 Å². The Labute approximate surface area is 128 Å². The molecular weight excluding hydrogens is 266 g/mol. The predicted molar refractivity (Wildman–Crippen MR) is 86.0 cm³/mol. The van der Waals surface area contributed by atoms with Crippen molar-refractivity contribution in [2.24, 2.45) is 0 Å². The summed E-state index contributed by atoms with van der Waals surface area (Å²) in [5.41, 5.74) is 1.11. The molecular formula is C17H29NO3. The maximum absolute atomic E-state index is 9.65. The van der Waals surface area contributed by atoms with Crippen LogP contribution in [0.1, 0.15) is 40.2 Å². The minimum absolute atomic E-state index is 0.111. The number of ether oxygens (including phenoxy) is 2. The van der Waals surface area contributed by atoms with Crippen molar-refractivity contribution in [3.8, 4) is 11.5 Å². The van der Waals surface area contributed by atoms with Crippen molar-refractivity contribution >= 4 is 0 Å². The maximum Gasteiger partial charge on any atom is 0.127 e. The molecule has 0 radical (unpaired) electrons. The van der Waals surface area contributed by atoms with Gasteiger partial charge in [-0.25, -0.2) is 0 Å². The Hall–Kier alpha value is -1.26. The van der Waals surface area contributed by atoms with Crippen molar-refractivity contribution in [2.45, 2.75) is 59.4 Å². The molecule has 1 atom stereocenters. The summed E-state index contributed by atoms with van der Waals surface area (Å²) in [6.45, 7) is 11.5. The van der Waals surface area contributed by atoms with E-state index in [-0.39, 0.29) is 12.2 Å². The molecule has 0 aliphatic heterocycles. The summed E-state index contributed by atoms with van der Waals surface area (Å²) in [5, 5.41) is 9.65. The molecule has 21 heavy (non-hydrogen) atoms. The fourth-order valence-electron chi connectivity index (χ4n) is 2.17. The van der Waals surface area contributed by atoms with Crippen molar-refractivity contribution in [3.63, 3.8) is 0 Å². The molecule has 0 bridgehead atoms. The van der Waals surface area contributed by atoms with Gasteiger partial charge >= 0.3 is 0 Å². The van der Waals surface area contributed by atoms with Crippen LogP contribution in [-0.4, -0.2) is 41.9 Å². The molecule has 4 nitrogen and oxygen atoms in total. The van der Waals surface area contributed by atoms with Crippen LogP contribution in [0.15, 0.2) is 18.2 Å². The minimum atomic E-state index is -0.347. The Morgan fingerprint density at radius 1 is 1.14 bits per heavy atom. The zero-order chi connectivity index (χ0) is 16.0. The second kappa shape index (κ2) is 8.25. The average molecular weight is 295 g/mol. The molecule has 1 unspecified atom stereocenters. The quantitative estimate of drug-likeness (QED) is 0.800. The Bertz CT molecular complexity index is 430. The molecule has 1 N–H and O–H groups in total. The van der Waals surface area contributed by atoms with E-state index in [0.29, 0.717) is 12.6 Å². The van der Waals surface area contributed by atoms with Crippen molar-refractivity contribution in [3.05, 3.63) is 23.8 Å². The summed E-state index contributed by atoms with van der Waals surface area (Å²) in [6, 6.07) is 6.27. The van der Waals surface area contributed by atoms with Crippen molar-refractivity contribution < 1.29 is 14.6 Å². The van der Waals surface area contributed by atoms with Gasteiger partial charge in [0.1, 0.15) is 11.5 Å². The van der Waals surface area contributed by atoms with Gasteiger partial charge in [0.25, 0.3) is 0 Å². The van der Waals surface area contributed by atoms with Crippen LogP contribution >= 0.6 is 0 Å². The molecule has 1 aromatic carbocycles. The van der Waals surface area contributed by atoms with Crippen LogP contribution in [-0.2, 0) is 6.54 Å². The van der Waals surface area contributed by atoms with Crippen LogP contribution in [0.2, 0.25) is 0 Å². The van der Waals surface area contributed by atoms with Crippen LogP contribution in [0.5, 0.6) is 11.5 Å². The Morgan fingerprint density at radius 2 is 1.81 bits per heavy atom. The first-order valence-electron chi connectivity index (χ1n) is 7.59. The zero-order valence-corrected chi connectivity index (χ0v) is 14.1. The smallest absolute Gasteiger partial charge is 0.127 e. The summed E-state index contributed by atoms with van der Waals surface area (Å²) in [5.74, 6) is 1.64. The van der Waals surface area contributed by atoms with Gasteiger partial charge in [-0.3, -0.25) is 4.90 Å². The zero-order valence-electron chi connectivity index (χ0n) is 14.1. The first kappa shape index (κ1) is 17.8. The van der Waals surface area contributed by atoms with Crippen molar-refractivity contribution in [1.29, 1.82) is 0 Å². The highest BCUT2D eigenvalue weighted by atomic mass is 16.5. The van der Waals surface area contributed by atoms with E-state index in [4.69, 9.17) is 9.47 Å². The Balaban J connectivity index is 2.98. The lowest BCUT2D eigenvalue weighted by atomic mass is 10.1. The molecule has 0 heterocycles. The molecule has 0 saturated carbocycles. The standard InChI is InChI=1S/C17H29NO3/c1-12(2)18(10-14(5)19)11-15-7-8-16(20-6)9-17(15)21-13(3)4/h7-9,12-14,19H,10-11H2,1-6H3. The number of aliphatic hydroxyl groups excluding tert-OH is 1. The minimum Gasteiger partial charge on any atom is -0.497 e. The number of nitrogens with zero attached hydrogens (tertiary/aromatic N) is 1. The van der Waals surface area contributed by atoms with E-state index in [1.54, 1.807) is 7.11 Å². The lowest BCUT2D eigenvalue weighted by molar-refractivity contribution is 0.101. The maximum atomic E-state index is 9.65. The average Bonchev–Trinajstić information content (AvgIpc) is 2.38. The third kappa shape index (κ3) is 5.94. The van der Waals surface area contributed by atoms with Crippen LogP contribution < -0.4 is 9.47 Å². The SMILES string of the molecule is COc1ccc(CN(CC(C)O)C(C)C)c(OC(C)C)c1. The van der Waals surface area contributed by atoms with Crippen molar-refractivity contribution in [2.75, 3.05) is 13.7 Å². The largest absolute Gasteiger partial charge is 0.497 e. The molecule has 0 aliphatic carbocycles. The molecule has 1 rings (SSSR count). The molecule has 0 saturated heterocycles. The molecule has 0 spiro atoms. The summed E-state index contributed by atoms with van der Waals surface area (Å²) < 4.78 is 11.2. The number of hydrogen-bond acceptors (Lipinski definition) is 4. The lowest BCUT2D eigenvalue weighted by Crippen LogP contribution is -2.36. The highest BCUT2D eigenvalue weighted by Crippen LogP contribution is 2.27. The lowest BCUT2D eigenvalue weighted by Gasteiger charge is -2.28. The molecule has 4 heteroatoms. The first-order valence-corrected chi connectivity index (χ1v) is 7.59. The van der Waals surface area contributed by atoms with Gasteiger partial charge in [0, 0.05) is 30.8 Å². The second-order valence-corrected chi connectivity index (χ2v) is 6.01. The van der Waals surface area contributed by atoms with Gasteiger partial charge in [-0.15, -0.1) is 0 Å². The van der Waals surface area contributed by atoms with Crippen LogP contribution in [0.25, 0.3) is 0 Å². The topological polar surface area (TPSA) is 41.9 Å². The van der Waals surface area contributed by atoms with Gasteiger partial charge in [0.05, 0.1) is 19.3 Å². The molecule has 0 fully saturated rings. The molecule has 0 aromatic heterocycles. The van der Waals surface area contributed by atoms with Gasteiger partial charge in [-0.1, -0.05) is 6.07 Å². The number of methoxy groups -OCH3 is 1. The first-order chi connectivity index (χ1) is 9.83. The van der Waals surface area contributed by atoms with Crippen molar-refractivity contribution in [1.82, 2.24) is 4.90 Å².